The van der Waals surface area contributed by atoms with Crippen LogP contribution < -0.4 is 10.6 Å². The minimum atomic E-state index is -0.0373. The van der Waals surface area contributed by atoms with Crippen molar-refractivity contribution in [2.75, 3.05) is 6.54 Å². The smallest absolute Gasteiger partial charge is 0.315 e. The molecule has 2 rings (SSSR count). The van der Waals surface area contributed by atoms with Gasteiger partial charge in [0.15, 0.2) is 0 Å². The highest BCUT2D eigenvalue weighted by molar-refractivity contribution is 7.09. The van der Waals surface area contributed by atoms with Crippen LogP contribution >= 0.6 is 11.3 Å². The monoisotopic (exact) mass is 281 g/mol. The van der Waals surface area contributed by atoms with Crippen molar-refractivity contribution in [2.24, 2.45) is 5.92 Å². The minimum absolute atomic E-state index is 0.0373. The second kappa shape index (κ2) is 6.89. The highest BCUT2D eigenvalue weighted by Gasteiger charge is 2.24. The fourth-order valence-corrected chi connectivity index (χ4v) is 3.29. The molecule has 0 saturated heterocycles. The van der Waals surface area contributed by atoms with Crippen LogP contribution in [0.1, 0.15) is 43.8 Å². The number of nitrogens with zero attached hydrogens (tertiary/aromatic N) is 1. The number of hydrogen-bond donors (Lipinski definition) is 2. The van der Waals surface area contributed by atoms with Crippen LogP contribution in [0.4, 0.5) is 4.79 Å². The van der Waals surface area contributed by atoms with Gasteiger partial charge in [0, 0.05) is 24.4 Å². The summed E-state index contributed by atoms with van der Waals surface area (Å²) in [5, 5.41) is 9.23. The SMILES string of the molecule is CCc1nc(CCNC(=O)N[C@H]2CCC[C@@H]2C)cs1. The molecule has 2 atom stereocenters. The Labute approximate surface area is 119 Å². The number of carbonyl (C=O) groups excluding carboxylic acids is 1. The van der Waals surface area contributed by atoms with Crippen molar-refractivity contribution in [1.29, 1.82) is 0 Å². The molecule has 5 heteroatoms. The summed E-state index contributed by atoms with van der Waals surface area (Å²) in [6.45, 7) is 4.97. The van der Waals surface area contributed by atoms with Crippen molar-refractivity contribution in [1.82, 2.24) is 15.6 Å². The standard InChI is InChI=1S/C14H23N3OS/c1-3-13-16-11(9-19-13)7-8-15-14(18)17-12-6-4-5-10(12)2/h9-10,12H,3-8H2,1-2H3,(H2,15,17,18)/t10-,12-/m0/s1. The molecule has 1 heterocycles. The van der Waals surface area contributed by atoms with E-state index in [9.17, 15) is 4.79 Å². The van der Waals surface area contributed by atoms with Crippen molar-refractivity contribution in [2.45, 2.75) is 52.0 Å². The Kier molecular flexibility index (Phi) is 5.19. The molecule has 1 aliphatic rings. The van der Waals surface area contributed by atoms with Crippen LogP contribution in [0.2, 0.25) is 0 Å². The molecule has 1 saturated carbocycles. The number of aryl methyl sites for hydroxylation is 1. The van der Waals surface area contributed by atoms with E-state index < -0.39 is 0 Å². The second-order valence-corrected chi connectivity index (χ2v) is 6.19. The summed E-state index contributed by atoms with van der Waals surface area (Å²) in [6, 6.07) is 0.315. The van der Waals surface area contributed by atoms with Gasteiger partial charge >= 0.3 is 6.03 Å². The molecule has 2 amide bonds. The molecule has 0 unspecified atom stereocenters. The first-order valence-corrected chi connectivity index (χ1v) is 8.04. The molecule has 0 radical (unpaired) electrons. The second-order valence-electron chi connectivity index (χ2n) is 5.25. The third kappa shape index (κ3) is 4.20. The zero-order valence-corrected chi connectivity index (χ0v) is 12.6. The van der Waals surface area contributed by atoms with E-state index in [0.29, 0.717) is 18.5 Å². The van der Waals surface area contributed by atoms with E-state index in [-0.39, 0.29) is 6.03 Å². The highest BCUT2D eigenvalue weighted by atomic mass is 32.1. The van der Waals surface area contributed by atoms with Gasteiger partial charge in [-0.15, -0.1) is 11.3 Å². The van der Waals surface area contributed by atoms with E-state index >= 15 is 0 Å². The molecule has 1 aromatic heterocycles. The maximum absolute atomic E-state index is 11.8. The fraction of sp³-hybridized carbons (Fsp3) is 0.714. The summed E-state index contributed by atoms with van der Waals surface area (Å²) in [5.41, 5.74) is 1.08. The quantitative estimate of drug-likeness (QED) is 0.872. The molecule has 0 bridgehead atoms. The summed E-state index contributed by atoms with van der Waals surface area (Å²) < 4.78 is 0. The first-order valence-electron chi connectivity index (χ1n) is 7.16. The lowest BCUT2D eigenvalue weighted by Crippen LogP contribution is -2.43. The van der Waals surface area contributed by atoms with E-state index in [4.69, 9.17) is 0 Å². The maximum Gasteiger partial charge on any atom is 0.315 e. The predicted octanol–water partition coefficient (Wildman–Crippen LogP) is 2.74. The molecule has 1 aliphatic carbocycles. The molecular weight excluding hydrogens is 258 g/mol. The van der Waals surface area contributed by atoms with E-state index in [2.05, 4.69) is 34.8 Å². The number of rotatable bonds is 5. The van der Waals surface area contributed by atoms with Gasteiger partial charge < -0.3 is 10.6 Å². The number of thiazole rings is 1. The molecule has 106 valence electrons. The molecule has 0 aliphatic heterocycles. The molecule has 1 aromatic rings. The number of amides is 2. The maximum atomic E-state index is 11.8. The van der Waals surface area contributed by atoms with Gasteiger partial charge in [-0.1, -0.05) is 20.3 Å². The Morgan fingerprint density at radius 2 is 2.37 bits per heavy atom. The predicted molar refractivity (Wildman–Crippen MR) is 78.5 cm³/mol. The molecular formula is C14H23N3OS. The average molecular weight is 281 g/mol. The van der Waals surface area contributed by atoms with Crippen molar-refractivity contribution in [3.8, 4) is 0 Å². The fourth-order valence-electron chi connectivity index (χ4n) is 2.51. The summed E-state index contributed by atoms with van der Waals surface area (Å²) in [6.07, 6.45) is 5.36. The highest BCUT2D eigenvalue weighted by Crippen LogP contribution is 2.24. The Balaban J connectivity index is 1.66. The number of nitrogens with one attached hydrogen (secondary N) is 2. The Morgan fingerprint density at radius 1 is 1.53 bits per heavy atom. The van der Waals surface area contributed by atoms with Crippen molar-refractivity contribution in [3.05, 3.63) is 16.1 Å². The third-order valence-electron chi connectivity index (χ3n) is 3.75. The lowest BCUT2D eigenvalue weighted by atomic mass is 10.1. The van der Waals surface area contributed by atoms with Gasteiger partial charge in [-0.2, -0.15) is 0 Å². The van der Waals surface area contributed by atoms with Crippen LogP contribution in [-0.4, -0.2) is 23.6 Å². The van der Waals surface area contributed by atoms with Gasteiger partial charge in [0.05, 0.1) is 10.7 Å². The number of carbonyl (C=O) groups is 1. The number of hydrogen-bond acceptors (Lipinski definition) is 3. The van der Waals surface area contributed by atoms with Crippen molar-refractivity contribution >= 4 is 17.4 Å². The molecule has 0 spiro atoms. The van der Waals surface area contributed by atoms with Crippen LogP contribution in [0.5, 0.6) is 0 Å². The van der Waals surface area contributed by atoms with Gasteiger partial charge in [-0.25, -0.2) is 9.78 Å². The summed E-state index contributed by atoms with van der Waals surface area (Å²) in [5.74, 6) is 0.608. The zero-order valence-electron chi connectivity index (χ0n) is 11.7. The van der Waals surface area contributed by atoms with Gasteiger partial charge in [0.2, 0.25) is 0 Å². The number of aromatic nitrogens is 1. The molecule has 1 fully saturated rings. The van der Waals surface area contributed by atoms with E-state index in [1.165, 1.54) is 17.8 Å². The van der Waals surface area contributed by atoms with Gasteiger partial charge in [0.1, 0.15) is 0 Å². The largest absolute Gasteiger partial charge is 0.338 e. The van der Waals surface area contributed by atoms with E-state index in [1.807, 2.05) is 0 Å². The van der Waals surface area contributed by atoms with Crippen molar-refractivity contribution in [3.63, 3.8) is 0 Å². The van der Waals surface area contributed by atoms with Crippen LogP contribution in [0.25, 0.3) is 0 Å². The molecule has 2 N–H and O–H groups in total. The summed E-state index contributed by atoms with van der Waals surface area (Å²) >= 11 is 1.70. The number of urea groups is 1. The van der Waals surface area contributed by atoms with Gasteiger partial charge in [-0.3, -0.25) is 0 Å². The lowest BCUT2D eigenvalue weighted by molar-refractivity contribution is 0.234. The van der Waals surface area contributed by atoms with E-state index in [0.717, 1.165) is 25.0 Å². The lowest BCUT2D eigenvalue weighted by Gasteiger charge is -2.17. The first-order chi connectivity index (χ1) is 9.19. The average Bonchev–Trinajstić information content (AvgIpc) is 2.99. The Hall–Kier alpha value is -1.10. The van der Waals surface area contributed by atoms with Gasteiger partial charge in [-0.05, 0) is 25.2 Å². The van der Waals surface area contributed by atoms with Crippen LogP contribution in [0.3, 0.4) is 0 Å². The van der Waals surface area contributed by atoms with Crippen molar-refractivity contribution < 1.29 is 4.79 Å². The molecule has 0 aromatic carbocycles. The van der Waals surface area contributed by atoms with Crippen LogP contribution in [-0.2, 0) is 12.8 Å². The summed E-state index contributed by atoms with van der Waals surface area (Å²) in [7, 11) is 0. The first kappa shape index (κ1) is 14.3. The van der Waals surface area contributed by atoms with E-state index in [1.54, 1.807) is 11.3 Å². The Morgan fingerprint density at radius 3 is 3.00 bits per heavy atom. The minimum Gasteiger partial charge on any atom is -0.338 e. The normalized spacial score (nSPS) is 22.4. The topological polar surface area (TPSA) is 54.0 Å². The Bertz CT molecular complexity index is 419. The van der Waals surface area contributed by atoms with Crippen LogP contribution in [0, 0.1) is 5.92 Å². The summed E-state index contributed by atoms with van der Waals surface area (Å²) in [4.78, 5) is 16.2. The van der Waals surface area contributed by atoms with Gasteiger partial charge in [0.25, 0.3) is 0 Å². The van der Waals surface area contributed by atoms with Crippen LogP contribution in [0.15, 0.2) is 5.38 Å². The molecule has 4 nitrogen and oxygen atoms in total. The zero-order chi connectivity index (χ0) is 13.7. The third-order valence-corrected chi connectivity index (χ3v) is 4.79. The molecule has 19 heavy (non-hydrogen) atoms.